The quantitative estimate of drug-likeness (QED) is 0.445. The molecule has 0 aromatic carbocycles. The third-order valence-electron chi connectivity index (χ3n) is 5.44. The second-order valence-electron chi connectivity index (χ2n) is 6.73. The van der Waals surface area contributed by atoms with E-state index in [2.05, 4.69) is 34.0 Å². The first-order valence-corrected chi connectivity index (χ1v) is 8.91. The van der Waals surface area contributed by atoms with Crippen molar-refractivity contribution in [2.24, 2.45) is 10.4 Å². The molecule has 2 aliphatic rings. The maximum atomic E-state index is 4.48. The summed E-state index contributed by atoms with van der Waals surface area (Å²) in [5, 5.41) is 3.56. The van der Waals surface area contributed by atoms with Gasteiger partial charge in [0.2, 0.25) is 0 Å². The number of likely N-dealkylation sites (tertiary alicyclic amines) is 1. The molecule has 4 nitrogen and oxygen atoms in total. The molecule has 1 saturated carbocycles. The first kappa shape index (κ1) is 16.6. The van der Waals surface area contributed by atoms with E-state index in [0.717, 1.165) is 12.5 Å². The minimum Gasteiger partial charge on any atom is -0.356 e. The van der Waals surface area contributed by atoms with Crippen LogP contribution in [0.5, 0.6) is 0 Å². The lowest BCUT2D eigenvalue weighted by Gasteiger charge is -2.38. The summed E-state index contributed by atoms with van der Waals surface area (Å²) >= 11 is 0. The summed E-state index contributed by atoms with van der Waals surface area (Å²) in [7, 11) is 1.92. The zero-order valence-corrected chi connectivity index (χ0v) is 14.3. The molecule has 0 bridgehead atoms. The lowest BCUT2D eigenvalue weighted by Crippen LogP contribution is -2.42. The highest BCUT2D eigenvalue weighted by Crippen LogP contribution is 2.47. The van der Waals surface area contributed by atoms with E-state index in [0.29, 0.717) is 5.41 Å². The molecule has 0 radical (unpaired) electrons. The van der Waals surface area contributed by atoms with Crippen molar-refractivity contribution in [2.45, 2.75) is 52.4 Å². The molecular weight excluding hydrogens is 260 g/mol. The Bertz CT molecular complexity index is 332. The highest BCUT2D eigenvalue weighted by molar-refractivity contribution is 5.80. The van der Waals surface area contributed by atoms with Crippen LogP contribution in [-0.2, 0) is 0 Å². The van der Waals surface area contributed by atoms with Crippen LogP contribution in [0.3, 0.4) is 0 Å². The largest absolute Gasteiger partial charge is 0.356 e. The molecule has 1 aliphatic heterocycles. The monoisotopic (exact) mass is 294 g/mol. The minimum atomic E-state index is 0.653. The molecule has 2 fully saturated rings. The molecule has 1 saturated heterocycles. The Hall–Kier alpha value is -0.770. The number of nitrogens with one attached hydrogen (secondary N) is 1. The number of unbranched alkanes of at least 4 members (excludes halogenated alkanes) is 1. The van der Waals surface area contributed by atoms with Gasteiger partial charge in [-0.1, -0.05) is 20.3 Å². The molecule has 0 amide bonds. The van der Waals surface area contributed by atoms with Crippen molar-refractivity contribution in [3.63, 3.8) is 0 Å². The molecule has 0 aromatic rings. The Morgan fingerprint density at radius 3 is 2.48 bits per heavy atom. The van der Waals surface area contributed by atoms with Gasteiger partial charge < -0.3 is 15.1 Å². The second kappa shape index (κ2) is 8.02. The van der Waals surface area contributed by atoms with Gasteiger partial charge >= 0.3 is 0 Å². The van der Waals surface area contributed by atoms with Gasteiger partial charge in [0, 0.05) is 26.7 Å². The molecule has 1 heterocycles. The van der Waals surface area contributed by atoms with Gasteiger partial charge in [-0.25, -0.2) is 0 Å². The van der Waals surface area contributed by atoms with E-state index >= 15 is 0 Å². The molecule has 0 aromatic heterocycles. The topological polar surface area (TPSA) is 30.9 Å². The zero-order valence-electron chi connectivity index (χ0n) is 14.3. The fraction of sp³-hybridized carbons (Fsp3) is 0.941. The molecule has 21 heavy (non-hydrogen) atoms. The van der Waals surface area contributed by atoms with Crippen molar-refractivity contribution in [1.82, 2.24) is 15.1 Å². The van der Waals surface area contributed by atoms with Crippen LogP contribution in [0.2, 0.25) is 0 Å². The molecule has 1 aliphatic carbocycles. The average molecular weight is 294 g/mol. The molecule has 0 unspecified atom stereocenters. The van der Waals surface area contributed by atoms with Crippen molar-refractivity contribution in [1.29, 1.82) is 0 Å². The summed E-state index contributed by atoms with van der Waals surface area (Å²) < 4.78 is 0. The number of hydrogen-bond donors (Lipinski definition) is 1. The molecule has 2 rings (SSSR count). The summed E-state index contributed by atoms with van der Waals surface area (Å²) in [6.45, 7) is 11.5. The molecular formula is C17H34N4. The van der Waals surface area contributed by atoms with E-state index in [4.69, 9.17) is 0 Å². The molecule has 1 spiro atoms. The van der Waals surface area contributed by atoms with Gasteiger partial charge in [0.1, 0.15) is 0 Å². The Balaban J connectivity index is 1.62. The van der Waals surface area contributed by atoms with Crippen LogP contribution in [-0.4, -0.2) is 62.1 Å². The average Bonchev–Trinajstić information content (AvgIpc) is 2.92. The van der Waals surface area contributed by atoms with Crippen molar-refractivity contribution in [2.75, 3.05) is 46.3 Å². The summed E-state index contributed by atoms with van der Waals surface area (Å²) in [6.07, 6.45) is 8.18. The van der Waals surface area contributed by atoms with Gasteiger partial charge in [-0.05, 0) is 57.2 Å². The van der Waals surface area contributed by atoms with Crippen LogP contribution in [0.15, 0.2) is 4.99 Å². The van der Waals surface area contributed by atoms with Crippen molar-refractivity contribution >= 4 is 5.96 Å². The van der Waals surface area contributed by atoms with Gasteiger partial charge in [0.05, 0.1) is 0 Å². The summed E-state index contributed by atoms with van der Waals surface area (Å²) in [6, 6.07) is 0. The Morgan fingerprint density at radius 1 is 1.19 bits per heavy atom. The number of hydrogen-bond acceptors (Lipinski definition) is 2. The first-order chi connectivity index (χ1) is 10.2. The van der Waals surface area contributed by atoms with E-state index in [9.17, 15) is 0 Å². The fourth-order valence-electron chi connectivity index (χ4n) is 3.73. The van der Waals surface area contributed by atoms with Gasteiger partial charge in [0.25, 0.3) is 0 Å². The zero-order chi connectivity index (χ0) is 15.1. The fourth-order valence-corrected chi connectivity index (χ4v) is 3.73. The maximum absolute atomic E-state index is 4.48. The first-order valence-electron chi connectivity index (χ1n) is 8.91. The smallest absolute Gasteiger partial charge is 0.193 e. The SMILES string of the molecule is CCN(CC)CCCCNC(=NC)N1CCC2(CCC2)C1. The third-order valence-corrected chi connectivity index (χ3v) is 5.44. The van der Waals surface area contributed by atoms with E-state index in [1.165, 1.54) is 71.2 Å². The lowest BCUT2D eigenvalue weighted by atomic mass is 9.68. The second-order valence-corrected chi connectivity index (χ2v) is 6.73. The van der Waals surface area contributed by atoms with E-state index in [1.807, 2.05) is 7.05 Å². The van der Waals surface area contributed by atoms with E-state index in [-0.39, 0.29) is 0 Å². The highest BCUT2D eigenvalue weighted by Gasteiger charge is 2.43. The van der Waals surface area contributed by atoms with E-state index in [1.54, 1.807) is 0 Å². The van der Waals surface area contributed by atoms with Crippen LogP contribution in [0, 0.1) is 5.41 Å². The van der Waals surface area contributed by atoms with Crippen molar-refractivity contribution < 1.29 is 0 Å². The molecule has 0 atom stereocenters. The summed E-state index contributed by atoms with van der Waals surface area (Å²) in [5.41, 5.74) is 0.653. The Kier molecular flexibility index (Phi) is 6.34. The molecule has 122 valence electrons. The van der Waals surface area contributed by atoms with Gasteiger partial charge in [-0.3, -0.25) is 4.99 Å². The standard InChI is InChI=1S/C17H34N4/c1-4-20(5-2)13-7-6-12-19-16(18-3)21-14-11-17(15-21)9-8-10-17/h4-15H2,1-3H3,(H,18,19). The normalized spacial score (nSPS) is 21.1. The van der Waals surface area contributed by atoms with Gasteiger partial charge in [0.15, 0.2) is 5.96 Å². The predicted molar refractivity (Wildman–Crippen MR) is 90.9 cm³/mol. The Morgan fingerprint density at radius 2 is 1.95 bits per heavy atom. The lowest BCUT2D eigenvalue weighted by molar-refractivity contribution is 0.151. The van der Waals surface area contributed by atoms with Crippen LogP contribution in [0.1, 0.15) is 52.4 Å². The van der Waals surface area contributed by atoms with Crippen molar-refractivity contribution in [3.8, 4) is 0 Å². The highest BCUT2D eigenvalue weighted by atomic mass is 15.3. The number of guanidine groups is 1. The van der Waals surface area contributed by atoms with E-state index < -0.39 is 0 Å². The number of rotatable bonds is 7. The van der Waals surface area contributed by atoms with Crippen LogP contribution in [0.25, 0.3) is 0 Å². The number of nitrogens with zero attached hydrogens (tertiary/aromatic N) is 3. The maximum Gasteiger partial charge on any atom is 0.193 e. The molecule has 4 heteroatoms. The number of aliphatic imine (C=N–C) groups is 1. The summed E-state index contributed by atoms with van der Waals surface area (Å²) in [5.74, 6) is 1.13. The van der Waals surface area contributed by atoms with Crippen LogP contribution < -0.4 is 5.32 Å². The van der Waals surface area contributed by atoms with Crippen LogP contribution >= 0.6 is 0 Å². The molecule has 1 N–H and O–H groups in total. The van der Waals surface area contributed by atoms with Crippen molar-refractivity contribution in [3.05, 3.63) is 0 Å². The Labute approximate surface area is 131 Å². The van der Waals surface area contributed by atoms with Gasteiger partial charge in [-0.15, -0.1) is 0 Å². The minimum absolute atomic E-state index is 0.653. The van der Waals surface area contributed by atoms with Crippen LogP contribution in [0.4, 0.5) is 0 Å². The predicted octanol–water partition coefficient (Wildman–Crippen LogP) is 2.56. The third kappa shape index (κ3) is 4.35. The summed E-state index contributed by atoms with van der Waals surface area (Å²) in [4.78, 5) is 9.45. The van der Waals surface area contributed by atoms with Gasteiger partial charge in [-0.2, -0.15) is 0 Å².